The van der Waals surface area contributed by atoms with Gasteiger partial charge in [0.2, 0.25) is 0 Å². The lowest BCUT2D eigenvalue weighted by atomic mass is 10.2. The topological polar surface area (TPSA) is 38.4 Å². The highest BCUT2D eigenvalue weighted by Crippen LogP contribution is 2.03. The smallest absolute Gasteiger partial charge is 0.145 e. The summed E-state index contributed by atoms with van der Waals surface area (Å²) in [6.07, 6.45) is 0. The molecule has 0 aliphatic rings. The molecular weight excluding hydrogens is 167 g/mol. The van der Waals surface area contributed by atoms with Gasteiger partial charge in [0.05, 0.1) is 0 Å². The first-order valence-electron chi connectivity index (χ1n) is 2.94. The Balaban J connectivity index is 3.06. The summed E-state index contributed by atoms with van der Waals surface area (Å²) in [7, 11) is 0. The third-order valence-corrected chi connectivity index (χ3v) is 1.39. The minimum atomic E-state index is -0.356. The summed E-state index contributed by atoms with van der Waals surface area (Å²) in [5.41, 5.74) is 5.80. The Hall–Kier alpha value is -1.09. The molecule has 0 fully saturated rings. The molecule has 0 aliphatic heterocycles. The van der Waals surface area contributed by atoms with Gasteiger partial charge in [-0.2, -0.15) is 4.51 Å². The van der Waals surface area contributed by atoms with Gasteiger partial charge in [0.1, 0.15) is 11.7 Å². The van der Waals surface area contributed by atoms with Crippen molar-refractivity contribution in [2.24, 2.45) is 10.2 Å². The van der Waals surface area contributed by atoms with E-state index < -0.39 is 0 Å². The summed E-state index contributed by atoms with van der Waals surface area (Å²) in [5.74, 6) is -0.239. The average Bonchev–Trinajstić information content (AvgIpc) is 2.03. The lowest BCUT2D eigenvalue weighted by Crippen LogP contribution is -2.11. The molecule has 1 aromatic rings. The summed E-state index contributed by atoms with van der Waals surface area (Å²) in [6.45, 7) is 0. The third-order valence-electron chi connectivity index (χ3n) is 1.21. The number of halogens is 2. The van der Waals surface area contributed by atoms with E-state index in [1.165, 1.54) is 12.1 Å². The van der Waals surface area contributed by atoms with Crippen LogP contribution in [0.4, 0.5) is 4.39 Å². The molecule has 58 valence electrons. The quantitative estimate of drug-likeness (QED) is 0.508. The molecule has 1 aromatic carbocycles. The van der Waals surface area contributed by atoms with Crippen LogP contribution >= 0.6 is 11.8 Å². The molecule has 0 saturated heterocycles. The zero-order valence-corrected chi connectivity index (χ0v) is 6.35. The number of benzene rings is 1. The SMILES string of the molecule is NC(=NCl)c1cccc(F)c1. The first-order chi connectivity index (χ1) is 5.24. The Labute approximate surface area is 68.6 Å². The van der Waals surface area contributed by atoms with Crippen molar-refractivity contribution in [1.29, 1.82) is 0 Å². The van der Waals surface area contributed by atoms with E-state index in [1.807, 2.05) is 0 Å². The standard InChI is InChI=1S/C7H6ClFN2/c8-11-7(10)5-2-1-3-6(9)4-5/h1-4H,(H2,10,11). The number of nitrogens with zero attached hydrogens (tertiary/aromatic N) is 1. The number of hydrogen-bond donors (Lipinski definition) is 1. The second kappa shape index (κ2) is 3.34. The zero-order chi connectivity index (χ0) is 8.27. The van der Waals surface area contributed by atoms with Gasteiger partial charge in [-0.25, -0.2) is 4.39 Å². The molecule has 0 aromatic heterocycles. The summed E-state index contributed by atoms with van der Waals surface area (Å²) < 4.78 is 15.7. The maximum absolute atomic E-state index is 12.5. The number of hydrogen-bond acceptors (Lipinski definition) is 1. The van der Waals surface area contributed by atoms with E-state index >= 15 is 0 Å². The van der Waals surface area contributed by atoms with E-state index in [2.05, 4.69) is 4.51 Å². The van der Waals surface area contributed by atoms with Crippen molar-refractivity contribution in [1.82, 2.24) is 0 Å². The van der Waals surface area contributed by atoms with Crippen LogP contribution in [0.2, 0.25) is 0 Å². The Kier molecular flexibility index (Phi) is 2.44. The lowest BCUT2D eigenvalue weighted by molar-refractivity contribution is 0.627. The molecule has 0 saturated carbocycles. The van der Waals surface area contributed by atoms with Crippen molar-refractivity contribution in [3.63, 3.8) is 0 Å². The van der Waals surface area contributed by atoms with Crippen LogP contribution in [-0.2, 0) is 0 Å². The molecule has 0 atom stereocenters. The maximum Gasteiger partial charge on any atom is 0.145 e. The average molecular weight is 173 g/mol. The van der Waals surface area contributed by atoms with Crippen molar-refractivity contribution in [2.75, 3.05) is 0 Å². The minimum absolute atomic E-state index is 0.117. The van der Waals surface area contributed by atoms with Gasteiger partial charge in [-0.1, -0.05) is 12.1 Å². The molecule has 2 N–H and O–H groups in total. The van der Waals surface area contributed by atoms with Gasteiger partial charge < -0.3 is 5.73 Å². The lowest BCUT2D eigenvalue weighted by Gasteiger charge is -1.96. The monoisotopic (exact) mass is 172 g/mol. The molecule has 0 heterocycles. The van der Waals surface area contributed by atoms with Crippen LogP contribution in [0.1, 0.15) is 5.56 Å². The van der Waals surface area contributed by atoms with E-state index in [4.69, 9.17) is 17.5 Å². The van der Waals surface area contributed by atoms with Crippen molar-refractivity contribution >= 4 is 17.6 Å². The molecule has 1 rings (SSSR count). The van der Waals surface area contributed by atoms with Gasteiger partial charge >= 0.3 is 0 Å². The van der Waals surface area contributed by atoms with E-state index in [0.717, 1.165) is 0 Å². The minimum Gasteiger partial charge on any atom is -0.382 e. The van der Waals surface area contributed by atoms with Gasteiger partial charge in [-0.15, -0.1) is 0 Å². The molecule has 0 spiro atoms. The molecule has 4 heteroatoms. The Bertz CT molecular complexity index is 286. The fourth-order valence-electron chi connectivity index (χ4n) is 0.697. The van der Waals surface area contributed by atoms with Gasteiger partial charge in [-0.3, -0.25) is 0 Å². The third kappa shape index (κ3) is 1.91. The van der Waals surface area contributed by atoms with Crippen molar-refractivity contribution in [2.45, 2.75) is 0 Å². The highest BCUT2D eigenvalue weighted by molar-refractivity contribution is 6.22. The molecule has 2 nitrogen and oxygen atoms in total. The van der Waals surface area contributed by atoms with Crippen molar-refractivity contribution < 1.29 is 4.39 Å². The van der Waals surface area contributed by atoms with Crippen LogP contribution in [0, 0.1) is 5.82 Å². The van der Waals surface area contributed by atoms with Gasteiger partial charge in [-0.05, 0) is 12.1 Å². The molecule has 0 amide bonds. The second-order valence-electron chi connectivity index (χ2n) is 1.98. The van der Waals surface area contributed by atoms with Crippen LogP contribution in [0.15, 0.2) is 28.8 Å². The fourth-order valence-corrected chi connectivity index (χ4v) is 0.794. The van der Waals surface area contributed by atoms with Gasteiger partial charge in [0.25, 0.3) is 0 Å². The summed E-state index contributed by atoms with van der Waals surface area (Å²) in [5, 5.41) is 0. The first-order valence-corrected chi connectivity index (χ1v) is 3.28. The van der Waals surface area contributed by atoms with Crippen LogP contribution in [-0.4, -0.2) is 5.84 Å². The van der Waals surface area contributed by atoms with E-state index in [0.29, 0.717) is 5.56 Å². The first kappa shape index (κ1) is 8.01. The highest BCUT2D eigenvalue weighted by Gasteiger charge is 1.97. The molecule has 0 unspecified atom stereocenters. The molecule has 0 aliphatic carbocycles. The highest BCUT2D eigenvalue weighted by atomic mass is 35.5. The van der Waals surface area contributed by atoms with Crippen molar-refractivity contribution in [3.8, 4) is 0 Å². The second-order valence-corrected chi connectivity index (χ2v) is 2.15. The zero-order valence-electron chi connectivity index (χ0n) is 5.59. The van der Waals surface area contributed by atoms with E-state index in [1.54, 1.807) is 12.1 Å². The number of nitrogens with two attached hydrogens (primary N) is 1. The predicted molar refractivity (Wildman–Crippen MR) is 43.0 cm³/mol. The predicted octanol–water partition coefficient (Wildman–Crippen LogP) is 1.68. The van der Waals surface area contributed by atoms with Crippen LogP contribution in [0.3, 0.4) is 0 Å². The normalized spacial score (nSPS) is 11.6. The number of amidine groups is 1. The van der Waals surface area contributed by atoms with Crippen molar-refractivity contribution in [3.05, 3.63) is 35.6 Å². The molecule has 0 radical (unpaired) electrons. The molecule has 11 heavy (non-hydrogen) atoms. The molecular formula is C7H6ClFN2. The van der Waals surface area contributed by atoms with Crippen LogP contribution in [0.25, 0.3) is 0 Å². The Morgan fingerprint density at radius 2 is 2.27 bits per heavy atom. The summed E-state index contributed by atoms with van der Waals surface area (Å²) >= 11 is 5.08. The summed E-state index contributed by atoms with van der Waals surface area (Å²) in [4.78, 5) is 0. The maximum atomic E-state index is 12.5. The Morgan fingerprint density at radius 1 is 1.55 bits per heavy atom. The van der Waals surface area contributed by atoms with Crippen LogP contribution < -0.4 is 5.73 Å². The number of rotatable bonds is 1. The Morgan fingerprint density at radius 3 is 2.82 bits per heavy atom. The van der Waals surface area contributed by atoms with Gasteiger partial charge in [0, 0.05) is 17.3 Å². The van der Waals surface area contributed by atoms with E-state index in [-0.39, 0.29) is 11.7 Å². The van der Waals surface area contributed by atoms with Gasteiger partial charge in [0.15, 0.2) is 0 Å². The largest absolute Gasteiger partial charge is 0.382 e. The summed E-state index contributed by atoms with van der Waals surface area (Å²) in [6, 6.07) is 5.76. The van der Waals surface area contributed by atoms with Crippen LogP contribution in [0.5, 0.6) is 0 Å². The van der Waals surface area contributed by atoms with E-state index in [9.17, 15) is 4.39 Å². The molecule has 0 bridgehead atoms. The fraction of sp³-hybridized carbons (Fsp3) is 0.